The standard InChI is InChI=1S/C43H33N5O2.Pt/c1-26-11-10-12-27(2)40(26)48-42(45-25-46-48)28-21-34-33-14-7-9-16-37(33)50-41(34)38(22-28)49-30-17-18-32-31-13-6-8-15-35(31)47(36(32)24-30)39-23-29(19-20-44-39)43(3,4)5;/h6-21,23,25H,1-5H3;/q-2;+2. The molecule has 0 atom stereocenters. The first-order chi connectivity index (χ1) is 24.2. The number of ether oxygens (including phenoxy) is 1. The molecule has 252 valence electrons. The summed E-state index contributed by atoms with van der Waals surface area (Å²) in [5.41, 5.74) is 8.38. The molecule has 0 saturated heterocycles. The Labute approximate surface area is 309 Å². The van der Waals surface area contributed by atoms with Crippen LogP contribution < -0.4 is 4.74 Å². The fourth-order valence-corrected chi connectivity index (χ4v) is 6.95. The molecular weight excluding hydrogens is 814 g/mol. The Morgan fingerprint density at radius 2 is 1.51 bits per heavy atom. The number of aryl methyl sites for hydroxylation is 2. The van der Waals surface area contributed by atoms with Gasteiger partial charge < -0.3 is 13.7 Å². The van der Waals surface area contributed by atoms with Crippen LogP contribution >= 0.6 is 0 Å². The molecule has 0 bridgehead atoms. The van der Waals surface area contributed by atoms with Crippen LogP contribution in [0.1, 0.15) is 37.5 Å². The Bertz CT molecular complexity index is 2750. The summed E-state index contributed by atoms with van der Waals surface area (Å²) >= 11 is 0. The van der Waals surface area contributed by atoms with Gasteiger partial charge in [0, 0.05) is 22.8 Å². The van der Waals surface area contributed by atoms with Gasteiger partial charge in [-0.15, -0.1) is 29.1 Å². The molecule has 8 heteroatoms. The predicted molar refractivity (Wildman–Crippen MR) is 199 cm³/mol. The molecule has 9 rings (SSSR count). The van der Waals surface area contributed by atoms with Crippen molar-refractivity contribution in [1.29, 1.82) is 0 Å². The predicted octanol–water partition coefficient (Wildman–Crippen LogP) is 10.6. The summed E-state index contributed by atoms with van der Waals surface area (Å²) in [6, 6.07) is 40.0. The molecule has 0 saturated carbocycles. The van der Waals surface area contributed by atoms with Gasteiger partial charge in [-0.05, 0) is 65.6 Å². The van der Waals surface area contributed by atoms with Crippen LogP contribution in [0.25, 0.3) is 66.6 Å². The molecule has 0 unspecified atom stereocenters. The van der Waals surface area contributed by atoms with Crippen molar-refractivity contribution in [1.82, 2.24) is 24.3 Å². The van der Waals surface area contributed by atoms with Gasteiger partial charge in [-0.1, -0.05) is 92.3 Å². The number of hydrogen-bond donors (Lipinski definition) is 0. The third-order valence-electron chi connectivity index (χ3n) is 9.43. The van der Waals surface area contributed by atoms with Crippen LogP contribution in [0.5, 0.6) is 11.5 Å². The molecule has 7 nitrogen and oxygen atoms in total. The van der Waals surface area contributed by atoms with Gasteiger partial charge in [-0.3, -0.25) is 9.67 Å². The van der Waals surface area contributed by atoms with Crippen molar-refractivity contribution in [3.05, 3.63) is 138 Å². The molecule has 0 aliphatic rings. The third kappa shape index (κ3) is 5.44. The van der Waals surface area contributed by atoms with E-state index in [2.05, 4.69) is 129 Å². The quantitative estimate of drug-likeness (QED) is 0.161. The first-order valence-electron chi connectivity index (χ1n) is 16.7. The second-order valence-corrected chi connectivity index (χ2v) is 13.8. The van der Waals surface area contributed by atoms with Crippen molar-refractivity contribution in [3.8, 4) is 34.4 Å². The van der Waals surface area contributed by atoms with Gasteiger partial charge in [0.1, 0.15) is 17.7 Å². The molecule has 0 N–H and O–H groups in total. The smallest absolute Gasteiger partial charge is 0.499 e. The van der Waals surface area contributed by atoms with Crippen LogP contribution in [0, 0.1) is 26.0 Å². The fourth-order valence-electron chi connectivity index (χ4n) is 6.95. The van der Waals surface area contributed by atoms with Crippen molar-refractivity contribution in [2.24, 2.45) is 0 Å². The van der Waals surface area contributed by atoms with E-state index >= 15 is 0 Å². The third-order valence-corrected chi connectivity index (χ3v) is 9.43. The maximum absolute atomic E-state index is 6.73. The minimum Gasteiger partial charge on any atom is -0.499 e. The monoisotopic (exact) mass is 846 g/mol. The molecule has 0 aliphatic carbocycles. The Kier molecular flexibility index (Phi) is 7.92. The maximum Gasteiger partial charge on any atom is 2.00 e. The van der Waals surface area contributed by atoms with E-state index in [1.54, 1.807) is 6.33 Å². The molecule has 0 fully saturated rings. The van der Waals surface area contributed by atoms with E-state index in [1.807, 2.05) is 35.1 Å². The van der Waals surface area contributed by atoms with Crippen molar-refractivity contribution in [2.45, 2.75) is 40.0 Å². The van der Waals surface area contributed by atoms with Gasteiger partial charge in [0.15, 0.2) is 0 Å². The second-order valence-electron chi connectivity index (χ2n) is 13.8. The number of pyridine rings is 1. The fraction of sp³-hybridized carbons (Fsp3) is 0.140. The number of fused-ring (bicyclic) bond motifs is 6. The van der Waals surface area contributed by atoms with Crippen LogP contribution in [0.15, 0.2) is 114 Å². The minimum absolute atomic E-state index is 0. The van der Waals surface area contributed by atoms with E-state index in [9.17, 15) is 0 Å². The Balaban J connectivity index is 0.00000374. The average molecular weight is 847 g/mol. The van der Waals surface area contributed by atoms with Gasteiger partial charge in [-0.2, -0.15) is 11.2 Å². The number of aromatic nitrogens is 5. The number of nitrogens with zero attached hydrogens (tertiary/aromatic N) is 5. The summed E-state index contributed by atoms with van der Waals surface area (Å²) in [5.74, 6) is 2.45. The minimum atomic E-state index is -0.0324. The molecular formula is C43H33N5O2Pt. The number of furan rings is 1. The zero-order valence-corrected chi connectivity index (χ0v) is 31.0. The van der Waals surface area contributed by atoms with Gasteiger partial charge in [0.25, 0.3) is 0 Å². The van der Waals surface area contributed by atoms with Crippen LogP contribution in [0.2, 0.25) is 0 Å². The molecule has 4 aromatic heterocycles. The molecule has 0 amide bonds. The molecule has 9 aromatic rings. The summed E-state index contributed by atoms with van der Waals surface area (Å²) in [4.78, 5) is 9.54. The van der Waals surface area contributed by atoms with Crippen LogP contribution in [-0.4, -0.2) is 24.3 Å². The molecule has 51 heavy (non-hydrogen) atoms. The molecule has 0 spiro atoms. The molecule has 4 heterocycles. The van der Waals surface area contributed by atoms with Crippen molar-refractivity contribution < 1.29 is 30.2 Å². The number of hydrogen-bond acceptors (Lipinski definition) is 5. The van der Waals surface area contributed by atoms with E-state index in [0.29, 0.717) is 22.9 Å². The van der Waals surface area contributed by atoms with E-state index in [1.165, 1.54) is 5.56 Å². The van der Waals surface area contributed by atoms with Crippen molar-refractivity contribution in [3.63, 3.8) is 0 Å². The molecule has 0 aliphatic heterocycles. The van der Waals surface area contributed by atoms with E-state index < -0.39 is 0 Å². The Morgan fingerprint density at radius 3 is 2.31 bits per heavy atom. The van der Waals surface area contributed by atoms with Crippen LogP contribution in [0.3, 0.4) is 0 Å². The maximum atomic E-state index is 6.73. The van der Waals surface area contributed by atoms with Crippen molar-refractivity contribution in [2.75, 3.05) is 0 Å². The Hall–Kier alpha value is -5.52. The summed E-state index contributed by atoms with van der Waals surface area (Å²) in [7, 11) is 0. The van der Waals surface area contributed by atoms with Crippen LogP contribution in [-0.2, 0) is 26.5 Å². The zero-order chi connectivity index (χ0) is 34.1. The summed E-state index contributed by atoms with van der Waals surface area (Å²) < 4.78 is 17.2. The number of benzene rings is 5. The zero-order valence-electron chi connectivity index (χ0n) is 28.8. The van der Waals surface area contributed by atoms with Gasteiger partial charge in [0.05, 0.1) is 22.8 Å². The van der Waals surface area contributed by atoms with Gasteiger partial charge in [0.2, 0.25) is 0 Å². The largest absolute Gasteiger partial charge is 2.00 e. The van der Waals surface area contributed by atoms with Gasteiger partial charge >= 0.3 is 21.1 Å². The van der Waals surface area contributed by atoms with Gasteiger partial charge in [-0.25, -0.2) is 4.98 Å². The summed E-state index contributed by atoms with van der Waals surface area (Å²) in [6.45, 7) is 10.8. The molecule has 5 aromatic carbocycles. The van der Waals surface area contributed by atoms with E-state index in [4.69, 9.17) is 19.1 Å². The Morgan fingerprint density at radius 1 is 0.745 bits per heavy atom. The average Bonchev–Trinajstić information content (AvgIpc) is 3.82. The van der Waals surface area contributed by atoms with E-state index in [-0.39, 0.29) is 26.5 Å². The molecule has 0 radical (unpaired) electrons. The van der Waals surface area contributed by atoms with Crippen molar-refractivity contribution >= 4 is 43.7 Å². The normalized spacial score (nSPS) is 11.9. The number of rotatable bonds is 5. The first-order valence-corrected chi connectivity index (χ1v) is 16.7. The second kappa shape index (κ2) is 12.4. The van der Waals surface area contributed by atoms with E-state index in [0.717, 1.165) is 66.4 Å². The summed E-state index contributed by atoms with van der Waals surface area (Å²) in [6.07, 6.45) is 3.46. The SMILES string of the molecule is Cc1cccc(C)c1-n1ncnc1-c1[c-]c(Oc2[c-]c3c(cc2)c2ccccc2n3-c2cc(C(C)(C)C)ccn2)c2oc3ccccc3c2c1.[Pt+2]. The topological polar surface area (TPSA) is 70.9 Å². The van der Waals surface area contributed by atoms with Crippen LogP contribution in [0.4, 0.5) is 0 Å². The number of para-hydroxylation sites is 3. The summed E-state index contributed by atoms with van der Waals surface area (Å²) in [5, 5.41) is 8.71. The first kappa shape index (κ1) is 32.7.